The summed E-state index contributed by atoms with van der Waals surface area (Å²) in [5.41, 5.74) is -0.691. The summed E-state index contributed by atoms with van der Waals surface area (Å²) in [6, 6.07) is 10.4. The van der Waals surface area contributed by atoms with Crippen LogP contribution >= 0.6 is 0 Å². The van der Waals surface area contributed by atoms with E-state index in [9.17, 15) is 35.2 Å². The maximum absolute atomic E-state index is 14.3. The van der Waals surface area contributed by atoms with Crippen LogP contribution in [0.5, 0.6) is 0 Å². The van der Waals surface area contributed by atoms with E-state index in [-0.39, 0.29) is 34.9 Å². The Morgan fingerprint density at radius 3 is 2.28 bits per heavy atom. The smallest absolute Gasteiger partial charge is 0.351 e. The van der Waals surface area contributed by atoms with Crippen LogP contribution < -0.4 is 15.4 Å². The molecule has 3 rings (SSSR count). The number of hydrogen-bond acceptors (Lipinski definition) is 5. The van der Waals surface area contributed by atoms with Crippen molar-refractivity contribution < 1.29 is 35.2 Å². The lowest BCUT2D eigenvalue weighted by atomic mass is 9.99. The zero-order chi connectivity index (χ0) is 26.7. The fraction of sp³-hybridized carbons (Fsp3) is 0.217. The number of nitrogens with one attached hydrogen (secondary N) is 3. The number of aromatic nitrogens is 1. The molecule has 1 unspecified atom stereocenters. The lowest BCUT2D eigenvalue weighted by molar-refractivity contribution is -0.141. The summed E-state index contributed by atoms with van der Waals surface area (Å²) in [4.78, 5) is 16.3. The molecule has 1 atom stereocenters. The average Bonchev–Trinajstić information content (AvgIpc) is 2.79. The normalized spacial score (nSPS) is 12.6. The molecule has 2 aromatic carbocycles. The molecule has 13 heteroatoms. The van der Waals surface area contributed by atoms with Gasteiger partial charge < -0.3 is 10.6 Å². The van der Waals surface area contributed by atoms with Crippen molar-refractivity contribution in [2.24, 2.45) is 0 Å². The van der Waals surface area contributed by atoms with Gasteiger partial charge in [-0.1, -0.05) is 12.1 Å². The number of pyridine rings is 1. The second-order valence-electron chi connectivity index (χ2n) is 7.89. The number of carbonyl (C=O) groups excluding carboxylic acids is 1. The monoisotopic (exact) mass is 528 g/mol. The van der Waals surface area contributed by atoms with Crippen molar-refractivity contribution in [2.75, 3.05) is 16.3 Å². The maximum Gasteiger partial charge on any atom is 0.433 e. The first kappa shape index (κ1) is 26.9. The van der Waals surface area contributed by atoms with E-state index in [1.165, 1.54) is 31.2 Å². The predicted octanol–water partition coefficient (Wildman–Crippen LogP) is 4.91. The minimum Gasteiger partial charge on any atom is -0.351 e. The molecule has 3 aromatic rings. The van der Waals surface area contributed by atoms with Crippen LogP contribution in [0.15, 0.2) is 54.6 Å². The van der Waals surface area contributed by atoms with Crippen molar-refractivity contribution in [3.63, 3.8) is 0 Å². The average molecular weight is 529 g/mol. The van der Waals surface area contributed by atoms with Gasteiger partial charge in [0.2, 0.25) is 15.9 Å². The lowest BCUT2D eigenvalue weighted by Crippen LogP contribution is -2.28. The lowest BCUT2D eigenvalue weighted by Gasteiger charge is -2.17. The molecule has 0 aliphatic rings. The summed E-state index contributed by atoms with van der Waals surface area (Å²) in [5, 5.41) is 5.26. The Kier molecular flexibility index (Phi) is 7.82. The Morgan fingerprint density at radius 2 is 1.69 bits per heavy atom. The molecule has 0 saturated carbocycles. The molecule has 7 nitrogen and oxygen atoms in total. The number of carbonyl (C=O) groups is 1. The highest BCUT2D eigenvalue weighted by Gasteiger charge is 2.33. The topological polar surface area (TPSA) is 100 Å². The molecule has 1 heterocycles. The van der Waals surface area contributed by atoms with Crippen molar-refractivity contribution in [3.8, 4) is 0 Å². The number of halogens is 5. The quantitative estimate of drug-likeness (QED) is 0.361. The minimum absolute atomic E-state index is 0.188. The van der Waals surface area contributed by atoms with Gasteiger partial charge in [0.1, 0.15) is 23.1 Å². The SMILES string of the molecule is CC(C(=O)NCc1ccc(C(F)(F)F)nc1Nc1ccc(F)cc1)c1ccc(NS(C)(=O)=O)c(F)c1. The van der Waals surface area contributed by atoms with Crippen LogP contribution in [0.25, 0.3) is 0 Å². The fourth-order valence-electron chi connectivity index (χ4n) is 3.14. The number of rotatable bonds is 8. The van der Waals surface area contributed by atoms with Gasteiger partial charge in [0.15, 0.2) is 0 Å². The predicted molar refractivity (Wildman–Crippen MR) is 124 cm³/mol. The molecule has 0 aliphatic carbocycles. The molecule has 0 saturated heterocycles. The van der Waals surface area contributed by atoms with E-state index in [0.29, 0.717) is 0 Å². The van der Waals surface area contributed by atoms with Gasteiger partial charge in [0.25, 0.3) is 0 Å². The van der Waals surface area contributed by atoms with Crippen LogP contribution in [0.4, 0.5) is 39.1 Å². The molecule has 3 N–H and O–H groups in total. The van der Waals surface area contributed by atoms with E-state index in [1.54, 1.807) is 0 Å². The van der Waals surface area contributed by atoms with E-state index >= 15 is 0 Å². The largest absolute Gasteiger partial charge is 0.433 e. The summed E-state index contributed by atoms with van der Waals surface area (Å²) in [6.45, 7) is 1.27. The molecule has 36 heavy (non-hydrogen) atoms. The van der Waals surface area contributed by atoms with Gasteiger partial charge in [-0.05, 0) is 55.0 Å². The second-order valence-corrected chi connectivity index (χ2v) is 9.64. The van der Waals surface area contributed by atoms with Gasteiger partial charge in [-0.15, -0.1) is 0 Å². The highest BCUT2D eigenvalue weighted by atomic mass is 32.2. The van der Waals surface area contributed by atoms with Gasteiger partial charge in [0.05, 0.1) is 17.9 Å². The summed E-state index contributed by atoms with van der Waals surface area (Å²) >= 11 is 0. The van der Waals surface area contributed by atoms with Crippen LogP contribution in [0.3, 0.4) is 0 Å². The van der Waals surface area contributed by atoms with Crippen LogP contribution in [0, 0.1) is 11.6 Å². The molecule has 0 bridgehead atoms. The standard InChI is InChI=1S/C23H21F5N4O3S/c1-13(14-3-9-19(18(25)11-14)32-36(2,34)35)22(33)29-12-15-4-10-20(23(26,27)28)31-21(15)30-17-7-5-16(24)6-8-17/h3-11,13,32H,12H2,1-2H3,(H,29,33)(H,30,31). The first-order chi connectivity index (χ1) is 16.7. The van der Waals surface area contributed by atoms with Crippen molar-refractivity contribution in [1.29, 1.82) is 0 Å². The van der Waals surface area contributed by atoms with E-state index in [0.717, 1.165) is 36.6 Å². The molecule has 0 spiro atoms. The van der Waals surface area contributed by atoms with E-state index in [2.05, 4.69) is 15.6 Å². The van der Waals surface area contributed by atoms with Gasteiger partial charge in [-0.25, -0.2) is 22.2 Å². The Bertz CT molecular complexity index is 1360. The van der Waals surface area contributed by atoms with Crippen molar-refractivity contribution in [3.05, 3.63) is 83.1 Å². The summed E-state index contributed by atoms with van der Waals surface area (Å²) in [5.74, 6) is -3.04. The van der Waals surface area contributed by atoms with Crippen molar-refractivity contribution in [1.82, 2.24) is 10.3 Å². The number of alkyl halides is 3. The number of anilines is 3. The summed E-state index contributed by atoms with van der Waals surface area (Å²) in [7, 11) is -3.70. The van der Waals surface area contributed by atoms with Crippen LogP contribution in [0.1, 0.15) is 29.7 Å². The molecule has 1 amide bonds. The number of benzene rings is 2. The summed E-state index contributed by atoms with van der Waals surface area (Å²) < 4.78 is 91.6. The Hall–Kier alpha value is -3.74. The number of hydrogen-bond donors (Lipinski definition) is 3. The van der Waals surface area contributed by atoms with Crippen LogP contribution in [0.2, 0.25) is 0 Å². The fourth-order valence-corrected chi connectivity index (χ4v) is 3.70. The van der Waals surface area contributed by atoms with E-state index < -0.39 is 45.4 Å². The molecular formula is C23H21F5N4O3S. The maximum atomic E-state index is 14.3. The van der Waals surface area contributed by atoms with Gasteiger partial charge in [0, 0.05) is 17.8 Å². The highest BCUT2D eigenvalue weighted by Crippen LogP contribution is 2.31. The molecule has 192 valence electrons. The number of sulfonamides is 1. The van der Waals surface area contributed by atoms with Crippen molar-refractivity contribution in [2.45, 2.75) is 25.6 Å². The van der Waals surface area contributed by atoms with Gasteiger partial charge in [-0.3, -0.25) is 9.52 Å². The Balaban J connectivity index is 1.77. The molecule has 0 fully saturated rings. The van der Waals surface area contributed by atoms with Crippen LogP contribution in [-0.4, -0.2) is 25.6 Å². The van der Waals surface area contributed by atoms with Crippen molar-refractivity contribution >= 4 is 33.1 Å². The first-order valence-corrected chi connectivity index (χ1v) is 12.3. The van der Waals surface area contributed by atoms with E-state index in [4.69, 9.17) is 0 Å². The molecule has 0 radical (unpaired) electrons. The first-order valence-electron chi connectivity index (χ1n) is 10.4. The second kappa shape index (κ2) is 10.5. The Labute approximate surface area is 203 Å². The third-order valence-corrected chi connectivity index (χ3v) is 5.60. The summed E-state index contributed by atoms with van der Waals surface area (Å²) in [6.07, 6.45) is -3.84. The zero-order valence-corrected chi connectivity index (χ0v) is 19.8. The third kappa shape index (κ3) is 7.13. The Morgan fingerprint density at radius 1 is 1.03 bits per heavy atom. The number of amides is 1. The number of nitrogens with zero attached hydrogens (tertiary/aromatic N) is 1. The highest BCUT2D eigenvalue weighted by molar-refractivity contribution is 7.92. The van der Waals surface area contributed by atoms with Gasteiger partial charge in [-0.2, -0.15) is 13.2 Å². The van der Waals surface area contributed by atoms with E-state index in [1.807, 2.05) is 4.72 Å². The molecular weight excluding hydrogens is 507 g/mol. The zero-order valence-electron chi connectivity index (χ0n) is 19.0. The minimum atomic E-state index is -4.71. The van der Waals surface area contributed by atoms with Crippen LogP contribution in [-0.2, 0) is 27.5 Å². The third-order valence-electron chi connectivity index (χ3n) is 5.01. The molecule has 0 aliphatic heterocycles. The molecule has 1 aromatic heterocycles. The van der Waals surface area contributed by atoms with Gasteiger partial charge >= 0.3 is 6.18 Å².